The smallest absolute Gasteiger partial charge is 0.159 e. The Labute approximate surface area is 109 Å². The van der Waals surface area contributed by atoms with Gasteiger partial charge in [-0.05, 0) is 18.6 Å². The predicted molar refractivity (Wildman–Crippen MR) is 74.3 cm³/mol. The van der Waals surface area contributed by atoms with Crippen LogP contribution in [0.15, 0.2) is 18.3 Å². The van der Waals surface area contributed by atoms with Crippen molar-refractivity contribution in [3.63, 3.8) is 0 Å². The fourth-order valence-corrected chi connectivity index (χ4v) is 2.69. The summed E-state index contributed by atoms with van der Waals surface area (Å²) in [5.74, 6) is 0.523. The second kappa shape index (κ2) is 5.63. The first-order chi connectivity index (χ1) is 7.63. The average Bonchev–Trinajstić information content (AvgIpc) is 2.56. The van der Waals surface area contributed by atoms with Gasteiger partial charge < -0.3 is 0 Å². The molecule has 0 unspecified atom stereocenters. The number of nitrogens with zero attached hydrogens (tertiary/aromatic N) is 2. The standard InChI is InChI=1S/C13H18ClN2.CH4/c1-4-12-11(7-9(2)16(12)3)10-5-6-13(14)15-8-10;/h5-6,8-9,11H,4,7H2,1-3H3;1H4/q+1;/t9-,11-;/m1./s1. The molecule has 2 nitrogen and oxygen atoms in total. The highest BCUT2D eigenvalue weighted by Gasteiger charge is 2.35. The number of pyridine rings is 1. The molecule has 1 aromatic rings. The molecule has 0 radical (unpaired) electrons. The molecular weight excluding hydrogens is 232 g/mol. The van der Waals surface area contributed by atoms with Crippen molar-refractivity contribution in [2.24, 2.45) is 0 Å². The van der Waals surface area contributed by atoms with Crippen LogP contribution in [0, 0.1) is 0 Å². The maximum absolute atomic E-state index is 5.82. The number of rotatable bonds is 2. The van der Waals surface area contributed by atoms with Gasteiger partial charge in [-0.15, -0.1) is 0 Å². The minimum Gasteiger partial charge on any atom is -0.244 e. The zero-order chi connectivity index (χ0) is 11.7. The van der Waals surface area contributed by atoms with Crippen LogP contribution in [-0.2, 0) is 0 Å². The molecule has 0 saturated heterocycles. The largest absolute Gasteiger partial charge is 0.244 e. The number of hydrogen-bond acceptors (Lipinski definition) is 1. The second-order valence-corrected chi connectivity index (χ2v) is 4.89. The van der Waals surface area contributed by atoms with Gasteiger partial charge in [0.25, 0.3) is 0 Å². The highest BCUT2D eigenvalue weighted by Crippen LogP contribution is 2.30. The lowest BCUT2D eigenvalue weighted by Crippen LogP contribution is -2.17. The molecule has 0 saturated carbocycles. The maximum atomic E-state index is 5.82. The van der Waals surface area contributed by atoms with Crippen molar-refractivity contribution in [2.75, 3.05) is 7.05 Å². The van der Waals surface area contributed by atoms with E-state index in [2.05, 4.69) is 36.5 Å². The minimum absolute atomic E-state index is 0. The summed E-state index contributed by atoms with van der Waals surface area (Å²) in [7, 11) is 2.19. The molecular formula is C14H22ClN2+. The monoisotopic (exact) mass is 253 g/mol. The fourth-order valence-electron chi connectivity index (χ4n) is 2.58. The topological polar surface area (TPSA) is 15.9 Å². The van der Waals surface area contributed by atoms with Crippen LogP contribution in [0.4, 0.5) is 0 Å². The molecule has 0 N–H and O–H groups in total. The van der Waals surface area contributed by atoms with Crippen molar-refractivity contribution in [3.8, 4) is 0 Å². The lowest BCUT2D eigenvalue weighted by atomic mass is 9.92. The Bertz CT molecular complexity index is 409. The normalized spacial score (nSPS) is 23.8. The predicted octanol–water partition coefficient (Wildman–Crippen LogP) is 3.74. The Morgan fingerprint density at radius 2 is 2.18 bits per heavy atom. The van der Waals surface area contributed by atoms with E-state index in [-0.39, 0.29) is 7.43 Å². The van der Waals surface area contributed by atoms with Crippen molar-refractivity contribution >= 4 is 17.3 Å². The van der Waals surface area contributed by atoms with Crippen LogP contribution in [0.25, 0.3) is 0 Å². The molecule has 0 fully saturated rings. The van der Waals surface area contributed by atoms with Gasteiger partial charge in [0.1, 0.15) is 12.2 Å². The molecule has 2 atom stereocenters. The van der Waals surface area contributed by atoms with Crippen molar-refractivity contribution in [2.45, 2.75) is 46.1 Å². The number of halogens is 1. The summed E-state index contributed by atoms with van der Waals surface area (Å²) < 4.78 is 2.40. The van der Waals surface area contributed by atoms with Crippen LogP contribution >= 0.6 is 11.6 Å². The van der Waals surface area contributed by atoms with Gasteiger partial charge in [0.05, 0.1) is 5.92 Å². The molecule has 3 heteroatoms. The van der Waals surface area contributed by atoms with E-state index < -0.39 is 0 Å². The summed E-state index contributed by atoms with van der Waals surface area (Å²) in [6.45, 7) is 4.50. The van der Waals surface area contributed by atoms with Crippen LogP contribution in [-0.4, -0.2) is 28.4 Å². The van der Waals surface area contributed by atoms with Gasteiger partial charge in [-0.1, -0.05) is 32.0 Å². The third kappa shape index (κ3) is 2.68. The van der Waals surface area contributed by atoms with Crippen molar-refractivity contribution in [1.29, 1.82) is 0 Å². The van der Waals surface area contributed by atoms with Gasteiger partial charge in [-0.3, -0.25) is 0 Å². The molecule has 0 amide bonds. The molecule has 0 aliphatic carbocycles. The third-order valence-corrected chi connectivity index (χ3v) is 3.83. The highest BCUT2D eigenvalue weighted by molar-refractivity contribution is 6.29. The average molecular weight is 254 g/mol. The van der Waals surface area contributed by atoms with Gasteiger partial charge in [-0.2, -0.15) is 0 Å². The third-order valence-electron chi connectivity index (χ3n) is 3.61. The molecule has 0 bridgehead atoms. The van der Waals surface area contributed by atoms with Crippen molar-refractivity contribution in [3.05, 3.63) is 29.0 Å². The first kappa shape index (κ1) is 14.2. The number of aromatic nitrogens is 1. The number of hydrogen-bond donors (Lipinski definition) is 0. The van der Waals surface area contributed by atoms with Crippen LogP contribution < -0.4 is 0 Å². The first-order valence-electron chi connectivity index (χ1n) is 5.83. The van der Waals surface area contributed by atoms with E-state index in [1.807, 2.05) is 12.3 Å². The fraction of sp³-hybridized carbons (Fsp3) is 0.571. The van der Waals surface area contributed by atoms with Gasteiger partial charge in [0.2, 0.25) is 0 Å². The van der Waals surface area contributed by atoms with Crippen LogP contribution in [0.5, 0.6) is 0 Å². The summed E-state index contributed by atoms with van der Waals surface area (Å²) in [6.07, 6.45) is 4.20. The Balaban J connectivity index is 0.00000144. The lowest BCUT2D eigenvalue weighted by Gasteiger charge is -2.07. The van der Waals surface area contributed by atoms with E-state index in [4.69, 9.17) is 11.6 Å². The van der Waals surface area contributed by atoms with Gasteiger partial charge >= 0.3 is 0 Å². The Kier molecular flexibility index (Phi) is 4.70. The van der Waals surface area contributed by atoms with E-state index >= 15 is 0 Å². The Morgan fingerprint density at radius 1 is 1.47 bits per heavy atom. The Morgan fingerprint density at radius 3 is 2.71 bits per heavy atom. The summed E-state index contributed by atoms with van der Waals surface area (Å²) >= 11 is 5.82. The molecule has 1 aromatic heterocycles. The molecule has 0 aromatic carbocycles. The maximum Gasteiger partial charge on any atom is 0.159 e. The van der Waals surface area contributed by atoms with E-state index in [1.165, 1.54) is 17.7 Å². The molecule has 2 heterocycles. The zero-order valence-electron chi connectivity index (χ0n) is 10.1. The Hall–Kier alpha value is -0.890. The van der Waals surface area contributed by atoms with Crippen LogP contribution in [0.2, 0.25) is 5.15 Å². The molecule has 0 spiro atoms. The SMILES string of the molecule is C.CCC1=[N+](C)[C@H](C)C[C@@H]1c1ccc(Cl)nc1. The molecule has 1 aliphatic rings. The second-order valence-electron chi connectivity index (χ2n) is 4.51. The molecule has 17 heavy (non-hydrogen) atoms. The summed E-state index contributed by atoms with van der Waals surface area (Å²) in [6, 6.07) is 4.60. The van der Waals surface area contributed by atoms with E-state index in [0.717, 1.165) is 6.42 Å². The van der Waals surface area contributed by atoms with E-state index in [9.17, 15) is 0 Å². The highest BCUT2D eigenvalue weighted by atomic mass is 35.5. The molecule has 94 valence electrons. The van der Waals surface area contributed by atoms with E-state index in [1.54, 1.807) is 0 Å². The van der Waals surface area contributed by atoms with E-state index in [0.29, 0.717) is 17.1 Å². The van der Waals surface area contributed by atoms with Gasteiger partial charge in [-0.25, -0.2) is 9.56 Å². The minimum atomic E-state index is 0. The van der Waals surface area contributed by atoms with Gasteiger partial charge in [0.15, 0.2) is 11.8 Å². The molecule has 2 rings (SSSR count). The summed E-state index contributed by atoms with van der Waals surface area (Å²) in [5, 5.41) is 0.571. The lowest BCUT2D eigenvalue weighted by molar-refractivity contribution is -0.526. The quantitative estimate of drug-likeness (QED) is 0.579. The summed E-state index contributed by atoms with van der Waals surface area (Å²) in [5.41, 5.74) is 2.80. The van der Waals surface area contributed by atoms with Gasteiger partial charge in [0, 0.05) is 19.0 Å². The van der Waals surface area contributed by atoms with Crippen molar-refractivity contribution in [1.82, 2.24) is 4.98 Å². The molecule has 1 aliphatic heterocycles. The van der Waals surface area contributed by atoms with Crippen molar-refractivity contribution < 1.29 is 4.58 Å². The summed E-state index contributed by atoms with van der Waals surface area (Å²) in [4.78, 5) is 4.18. The van der Waals surface area contributed by atoms with Crippen LogP contribution in [0.3, 0.4) is 0 Å². The zero-order valence-corrected chi connectivity index (χ0v) is 10.8. The first-order valence-corrected chi connectivity index (χ1v) is 6.21. The van der Waals surface area contributed by atoms with Crippen LogP contribution in [0.1, 0.15) is 45.6 Å².